The molecule has 0 aliphatic carbocycles. The van der Waals surface area contributed by atoms with E-state index in [0.717, 1.165) is 0 Å². The molecule has 1 amide bonds. The van der Waals surface area contributed by atoms with Crippen LogP contribution in [0.2, 0.25) is 0 Å². The molecule has 5 nitrogen and oxygen atoms in total. The molecule has 1 aromatic heterocycles. The van der Waals surface area contributed by atoms with E-state index in [1.54, 1.807) is 14.1 Å². The highest BCUT2D eigenvalue weighted by atomic mass is 16.2. The van der Waals surface area contributed by atoms with Crippen molar-refractivity contribution >= 4 is 11.7 Å². The molecule has 11 heavy (non-hydrogen) atoms. The standard InChI is InChI=1S/C6H10N4O/c1-10(2)6(11)4-3-5(7)9-8-4/h3H,1-2H3,(H3,7,8,9). The van der Waals surface area contributed by atoms with Gasteiger partial charge in [-0.25, -0.2) is 0 Å². The molecule has 0 aliphatic rings. The van der Waals surface area contributed by atoms with Gasteiger partial charge >= 0.3 is 0 Å². The predicted molar refractivity (Wildman–Crippen MR) is 41.0 cm³/mol. The van der Waals surface area contributed by atoms with Crippen LogP contribution in [0, 0.1) is 0 Å². The molecule has 0 bridgehead atoms. The summed E-state index contributed by atoms with van der Waals surface area (Å²) in [5.41, 5.74) is 5.71. The van der Waals surface area contributed by atoms with Crippen molar-refractivity contribution in [3.8, 4) is 0 Å². The van der Waals surface area contributed by atoms with E-state index in [4.69, 9.17) is 5.73 Å². The first-order valence-corrected chi connectivity index (χ1v) is 3.14. The van der Waals surface area contributed by atoms with Crippen LogP contribution in [0.4, 0.5) is 5.82 Å². The molecular weight excluding hydrogens is 144 g/mol. The molecule has 0 saturated carbocycles. The minimum absolute atomic E-state index is 0.130. The minimum atomic E-state index is -0.130. The summed E-state index contributed by atoms with van der Waals surface area (Å²) >= 11 is 0. The SMILES string of the molecule is CN(C)C(=O)c1cc(N)n[nH]1. The van der Waals surface area contributed by atoms with Crippen LogP contribution in [-0.4, -0.2) is 35.1 Å². The predicted octanol–water partition coefficient (Wildman–Crippen LogP) is -0.306. The van der Waals surface area contributed by atoms with Gasteiger partial charge < -0.3 is 10.6 Å². The Labute approximate surface area is 64.2 Å². The molecule has 0 unspecified atom stereocenters. The van der Waals surface area contributed by atoms with Crippen molar-refractivity contribution in [3.05, 3.63) is 11.8 Å². The van der Waals surface area contributed by atoms with Gasteiger partial charge in [0, 0.05) is 20.2 Å². The first-order chi connectivity index (χ1) is 5.11. The lowest BCUT2D eigenvalue weighted by Crippen LogP contribution is -2.21. The molecule has 0 saturated heterocycles. The molecular formula is C6H10N4O. The van der Waals surface area contributed by atoms with Gasteiger partial charge in [-0.15, -0.1) is 0 Å². The van der Waals surface area contributed by atoms with Crippen molar-refractivity contribution in [3.63, 3.8) is 0 Å². The molecule has 1 heterocycles. The van der Waals surface area contributed by atoms with Gasteiger partial charge in [-0.3, -0.25) is 9.89 Å². The Morgan fingerprint density at radius 2 is 2.36 bits per heavy atom. The molecule has 1 rings (SSSR count). The zero-order chi connectivity index (χ0) is 8.43. The fourth-order valence-corrected chi connectivity index (χ4v) is 0.688. The van der Waals surface area contributed by atoms with E-state index in [2.05, 4.69) is 10.2 Å². The fourth-order valence-electron chi connectivity index (χ4n) is 0.688. The Morgan fingerprint density at radius 3 is 2.73 bits per heavy atom. The molecule has 60 valence electrons. The Morgan fingerprint density at radius 1 is 1.73 bits per heavy atom. The summed E-state index contributed by atoms with van der Waals surface area (Å²) in [4.78, 5) is 12.6. The number of H-pyrrole nitrogens is 1. The molecule has 0 radical (unpaired) electrons. The van der Waals surface area contributed by atoms with Gasteiger partial charge in [0.25, 0.3) is 5.91 Å². The van der Waals surface area contributed by atoms with Gasteiger partial charge in [0.05, 0.1) is 0 Å². The summed E-state index contributed by atoms with van der Waals surface area (Å²) in [6.07, 6.45) is 0. The maximum Gasteiger partial charge on any atom is 0.271 e. The number of amides is 1. The van der Waals surface area contributed by atoms with Crippen molar-refractivity contribution < 1.29 is 4.79 Å². The van der Waals surface area contributed by atoms with E-state index in [1.165, 1.54) is 11.0 Å². The lowest BCUT2D eigenvalue weighted by Gasteiger charge is -2.06. The third kappa shape index (κ3) is 1.49. The molecule has 3 N–H and O–H groups in total. The summed E-state index contributed by atoms with van der Waals surface area (Å²) in [6.45, 7) is 0. The minimum Gasteiger partial charge on any atom is -0.382 e. The van der Waals surface area contributed by atoms with E-state index < -0.39 is 0 Å². The number of anilines is 1. The molecule has 5 heteroatoms. The number of hydrogen-bond donors (Lipinski definition) is 2. The van der Waals surface area contributed by atoms with E-state index in [0.29, 0.717) is 11.5 Å². The maximum atomic E-state index is 11.2. The number of nitrogen functional groups attached to an aromatic ring is 1. The fraction of sp³-hybridized carbons (Fsp3) is 0.333. The highest BCUT2D eigenvalue weighted by molar-refractivity contribution is 5.92. The van der Waals surface area contributed by atoms with Crippen LogP contribution in [0.15, 0.2) is 6.07 Å². The lowest BCUT2D eigenvalue weighted by molar-refractivity contribution is 0.0822. The van der Waals surface area contributed by atoms with Crippen molar-refractivity contribution in [2.24, 2.45) is 0 Å². The van der Waals surface area contributed by atoms with Crippen LogP contribution in [0.3, 0.4) is 0 Å². The smallest absolute Gasteiger partial charge is 0.271 e. The van der Waals surface area contributed by atoms with Gasteiger partial charge in [0.1, 0.15) is 11.5 Å². The van der Waals surface area contributed by atoms with Crippen molar-refractivity contribution in [1.29, 1.82) is 0 Å². The molecule has 0 fully saturated rings. The molecule has 0 atom stereocenters. The third-order valence-corrected chi connectivity index (χ3v) is 1.23. The third-order valence-electron chi connectivity index (χ3n) is 1.23. The van der Waals surface area contributed by atoms with Crippen LogP contribution in [0.5, 0.6) is 0 Å². The van der Waals surface area contributed by atoms with Crippen molar-refractivity contribution in [2.75, 3.05) is 19.8 Å². The van der Waals surface area contributed by atoms with Crippen LogP contribution < -0.4 is 5.73 Å². The van der Waals surface area contributed by atoms with Crippen molar-refractivity contribution in [2.45, 2.75) is 0 Å². The number of carbonyl (C=O) groups excluding carboxylic acids is 1. The number of rotatable bonds is 1. The Kier molecular flexibility index (Phi) is 1.80. The van der Waals surface area contributed by atoms with Crippen molar-refractivity contribution in [1.82, 2.24) is 15.1 Å². The number of aromatic amines is 1. The second-order valence-electron chi connectivity index (χ2n) is 2.41. The van der Waals surface area contributed by atoms with Gasteiger partial charge in [0.2, 0.25) is 0 Å². The second-order valence-corrected chi connectivity index (χ2v) is 2.41. The number of nitrogens with two attached hydrogens (primary N) is 1. The van der Waals surface area contributed by atoms with Gasteiger partial charge in [-0.05, 0) is 0 Å². The Hall–Kier alpha value is -1.52. The highest BCUT2D eigenvalue weighted by Gasteiger charge is 2.09. The number of hydrogen-bond acceptors (Lipinski definition) is 3. The molecule has 0 aliphatic heterocycles. The summed E-state index contributed by atoms with van der Waals surface area (Å²) in [5.74, 6) is 0.199. The Bertz CT molecular complexity index is 265. The maximum absolute atomic E-state index is 11.2. The number of nitrogens with one attached hydrogen (secondary N) is 1. The van der Waals surface area contributed by atoms with E-state index >= 15 is 0 Å². The zero-order valence-electron chi connectivity index (χ0n) is 6.46. The van der Waals surface area contributed by atoms with Gasteiger partial charge in [-0.2, -0.15) is 5.10 Å². The largest absolute Gasteiger partial charge is 0.382 e. The monoisotopic (exact) mass is 154 g/mol. The normalized spacial score (nSPS) is 9.64. The van der Waals surface area contributed by atoms with E-state index in [9.17, 15) is 4.79 Å². The zero-order valence-corrected chi connectivity index (χ0v) is 6.46. The molecule has 0 aromatic carbocycles. The number of aromatic nitrogens is 2. The van der Waals surface area contributed by atoms with Gasteiger partial charge in [0.15, 0.2) is 0 Å². The molecule has 1 aromatic rings. The summed E-state index contributed by atoms with van der Waals surface area (Å²) in [5, 5.41) is 6.15. The van der Waals surface area contributed by atoms with Crippen LogP contribution in [0.1, 0.15) is 10.5 Å². The number of carbonyl (C=O) groups is 1. The Balaban J connectivity index is 2.85. The van der Waals surface area contributed by atoms with Crippen LogP contribution in [0.25, 0.3) is 0 Å². The quantitative estimate of drug-likeness (QED) is 0.582. The van der Waals surface area contributed by atoms with Crippen LogP contribution >= 0.6 is 0 Å². The van der Waals surface area contributed by atoms with Gasteiger partial charge in [-0.1, -0.05) is 0 Å². The first-order valence-electron chi connectivity index (χ1n) is 3.14. The second kappa shape index (κ2) is 2.61. The summed E-state index contributed by atoms with van der Waals surface area (Å²) in [7, 11) is 3.33. The highest BCUT2D eigenvalue weighted by Crippen LogP contribution is 2.01. The van der Waals surface area contributed by atoms with E-state index in [1.807, 2.05) is 0 Å². The summed E-state index contributed by atoms with van der Waals surface area (Å²) in [6, 6.07) is 1.50. The summed E-state index contributed by atoms with van der Waals surface area (Å²) < 4.78 is 0. The first kappa shape index (κ1) is 7.59. The lowest BCUT2D eigenvalue weighted by atomic mass is 10.4. The topological polar surface area (TPSA) is 75.0 Å². The van der Waals surface area contributed by atoms with E-state index in [-0.39, 0.29) is 5.91 Å². The average molecular weight is 154 g/mol. The van der Waals surface area contributed by atoms with Crippen LogP contribution in [-0.2, 0) is 0 Å². The average Bonchev–Trinajstić information content (AvgIpc) is 2.34. The molecule has 0 spiro atoms. The number of nitrogens with zero attached hydrogens (tertiary/aromatic N) is 2.